The summed E-state index contributed by atoms with van der Waals surface area (Å²) in [5.74, 6) is 0. The Kier molecular flexibility index (Phi) is 6.26. The topological polar surface area (TPSA) is 3.24 Å². The van der Waals surface area contributed by atoms with Gasteiger partial charge in [0.05, 0.1) is 16.8 Å². The van der Waals surface area contributed by atoms with Crippen LogP contribution >= 0.6 is 11.3 Å². The van der Waals surface area contributed by atoms with E-state index < -0.39 is 5.41 Å². The summed E-state index contributed by atoms with van der Waals surface area (Å²) in [4.78, 5) is 2.51. The van der Waals surface area contributed by atoms with Crippen molar-refractivity contribution in [2.75, 3.05) is 4.90 Å². The smallest absolute Gasteiger partial charge is 0.0742 e. The molecule has 0 radical (unpaired) electrons. The van der Waals surface area contributed by atoms with Crippen LogP contribution in [-0.2, 0) is 11.8 Å². The lowest BCUT2D eigenvalue weighted by atomic mass is 9.62. The molecule has 0 fully saturated rings. The number of nitrogens with zero attached hydrogens (tertiary/aromatic N) is 1. The van der Waals surface area contributed by atoms with Gasteiger partial charge in [0, 0.05) is 31.2 Å². The van der Waals surface area contributed by atoms with Crippen molar-refractivity contribution in [1.29, 1.82) is 0 Å². The van der Waals surface area contributed by atoms with Gasteiger partial charge in [-0.15, -0.1) is 11.3 Å². The van der Waals surface area contributed by atoms with Gasteiger partial charge in [0.25, 0.3) is 0 Å². The van der Waals surface area contributed by atoms with E-state index in [0.717, 1.165) is 6.42 Å². The largest absolute Gasteiger partial charge is 0.310 e. The summed E-state index contributed by atoms with van der Waals surface area (Å²) >= 11 is 1.93. The van der Waals surface area contributed by atoms with E-state index in [4.69, 9.17) is 0 Å². The number of para-hydroxylation sites is 2. The average Bonchev–Trinajstić information content (AvgIpc) is 3.82. The van der Waals surface area contributed by atoms with Crippen LogP contribution in [-0.4, -0.2) is 0 Å². The van der Waals surface area contributed by atoms with Gasteiger partial charge in [-0.25, -0.2) is 0 Å². The molecule has 2 heterocycles. The molecule has 2 aliphatic rings. The van der Waals surface area contributed by atoms with Gasteiger partial charge in [-0.2, -0.15) is 0 Å². The molecule has 0 bridgehead atoms. The first kappa shape index (κ1) is 30.0. The summed E-state index contributed by atoms with van der Waals surface area (Å²) < 4.78 is 2.68. The van der Waals surface area contributed by atoms with Crippen LogP contribution in [0, 0.1) is 0 Å². The van der Waals surface area contributed by atoms with E-state index in [0.29, 0.717) is 0 Å². The van der Waals surface area contributed by atoms with Gasteiger partial charge < -0.3 is 4.90 Å². The number of anilines is 3. The normalized spacial score (nSPS) is 14.0. The highest BCUT2D eigenvalue weighted by atomic mass is 32.1. The Morgan fingerprint density at radius 3 is 1.78 bits per heavy atom. The number of hydrogen-bond acceptors (Lipinski definition) is 2. The molecule has 1 aliphatic heterocycles. The standard InChI is InChI=1S/C52H33NS/c1-3-16-34(17-4-1)52(35-18-5-2-6-19-35)44-23-11-13-25-46(44)53(47-26-14-12-24-45(47)52)36-27-30-48-43(32-36)50-41-29-28-38-37-20-8-7-15-33(37)31-42(38)49(41)39-21-9-10-22-40(39)51(50)54-48/h1-30,32H,31H2. The second kappa shape index (κ2) is 11.3. The van der Waals surface area contributed by atoms with Crippen LogP contribution < -0.4 is 4.90 Å². The number of rotatable bonds is 3. The second-order valence-corrected chi connectivity index (χ2v) is 15.8. The Labute approximate surface area is 318 Å². The van der Waals surface area contributed by atoms with Crippen molar-refractivity contribution in [3.05, 3.63) is 221 Å². The first-order chi connectivity index (χ1) is 26.8. The van der Waals surface area contributed by atoms with Gasteiger partial charge in [0.15, 0.2) is 0 Å². The van der Waals surface area contributed by atoms with Crippen LogP contribution in [0.1, 0.15) is 33.4 Å². The molecule has 0 unspecified atom stereocenters. The summed E-state index contributed by atoms with van der Waals surface area (Å²) in [5, 5.41) is 8.14. The molecule has 0 spiro atoms. The van der Waals surface area contributed by atoms with Gasteiger partial charge in [0.2, 0.25) is 0 Å². The van der Waals surface area contributed by atoms with Crippen molar-refractivity contribution in [1.82, 2.24) is 0 Å². The average molecular weight is 704 g/mol. The fraction of sp³-hybridized carbons (Fsp3) is 0.0385. The molecule has 1 aliphatic carbocycles. The quantitative estimate of drug-likeness (QED) is 0.166. The van der Waals surface area contributed by atoms with Crippen molar-refractivity contribution >= 4 is 70.1 Å². The van der Waals surface area contributed by atoms with Gasteiger partial charge >= 0.3 is 0 Å². The fourth-order valence-electron chi connectivity index (χ4n) is 10.00. The molecule has 0 saturated carbocycles. The lowest BCUT2D eigenvalue weighted by Gasteiger charge is -2.46. The Balaban J connectivity index is 1.15. The number of fused-ring (bicyclic) bond motifs is 14. The third-order valence-electron chi connectivity index (χ3n) is 12.1. The van der Waals surface area contributed by atoms with Crippen LogP contribution in [0.3, 0.4) is 0 Å². The minimum Gasteiger partial charge on any atom is -0.310 e. The molecule has 252 valence electrons. The fourth-order valence-corrected chi connectivity index (χ4v) is 11.2. The minimum absolute atomic E-state index is 0.488. The Morgan fingerprint density at radius 2 is 1.06 bits per heavy atom. The molecule has 54 heavy (non-hydrogen) atoms. The van der Waals surface area contributed by atoms with Crippen LogP contribution in [0.5, 0.6) is 0 Å². The van der Waals surface area contributed by atoms with E-state index in [1.807, 2.05) is 11.3 Å². The van der Waals surface area contributed by atoms with Gasteiger partial charge in [0.1, 0.15) is 0 Å². The highest BCUT2D eigenvalue weighted by Gasteiger charge is 2.46. The Bertz CT molecular complexity index is 3050. The van der Waals surface area contributed by atoms with Crippen molar-refractivity contribution in [2.45, 2.75) is 11.8 Å². The molecule has 12 rings (SSSR count). The van der Waals surface area contributed by atoms with Gasteiger partial charge in [-0.05, 0) is 97.4 Å². The summed E-state index contributed by atoms with van der Waals surface area (Å²) in [5.41, 5.74) is 13.8. The van der Waals surface area contributed by atoms with Crippen molar-refractivity contribution in [3.8, 4) is 11.1 Å². The number of benzene rings is 9. The van der Waals surface area contributed by atoms with Crippen LogP contribution in [0.15, 0.2) is 188 Å². The summed E-state index contributed by atoms with van der Waals surface area (Å²) in [6.45, 7) is 0. The highest BCUT2D eigenvalue weighted by molar-refractivity contribution is 7.27. The van der Waals surface area contributed by atoms with Crippen LogP contribution in [0.4, 0.5) is 17.1 Å². The molecule has 2 heteroatoms. The number of thiophene rings is 1. The van der Waals surface area contributed by atoms with E-state index >= 15 is 0 Å². The van der Waals surface area contributed by atoms with Crippen LogP contribution in [0.2, 0.25) is 0 Å². The lowest BCUT2D eigenvalue weighted by molar-refractivity contribution is 0.731. The molecule has 1 aromatic heterocycles. The van der Waals surface area contributed by atoms with E-state index in [2.05, 4.69) is 193 Å². The minimum atomic E-state index is -0.488. The molecule has 0 saturated heterocycles. The third kappa shape index (κ3) is 3.93. The third-order valence-corrected chi connectivity index (χ3v) is 13.3. The molecule has 10 aromatic rings. The monoisotopic (exact) mass is 703 g/mol. The molecule has 1 nitrogen and oxygen atoms in total. The maximum atomic E-state index is 2.51. The molecular weight excluding hydrogens is 671 g/mol. The maximum Gasteiger partial charge on any atom is 0.0742 e. The Hall–Kier alpha value is -6.48. The first-order valence-electron chi connectivity index (χ1n) is 18.8. The lowest BCUT2D eigenvalue weighted by Crippen LogP contribution is -2.37. The predicted octanol–water partition coefficient (Wildman–Crippen LogP) is 14.1. The summed E-state index contributed by atoms with van der Waals surface area (Å²) in [7, 11) is 0. The zero-order valence-corrected chi connectivity index (χ0v) is 30.3. The van der Waals surface area contributed by atoms with Crippen molar-refractivity contribution in [2.24, 2.45) is 0 Å². The zero-order valence-electron chi connectivity index (χ0n) is 29.5. The zero-order chi connectivity index (χ0) is 35.4. The van der Waals surface area contributed by atoms with Gasteiger partial charge in [-0.1, -0.05) is 158 Å². The SMILES string of the molecule is c1ccc(C2(c3ccccc3)c3ccccc3N(c3ccc4sc5c6ccccc6c6c7c(ccc6c5c4c3)-c3ccccc3C7)c3ccccc32)cc1. The second-order valence-electron chi connectivity index (χ2n) is 14.7. The van der Waals surface area contributed by atoms with E-state index in [9.17, 15) is 0 Å². The summed E-state index contributed by atoms with van der Waals surface area (Å²) in [6, 6.07) is 70.2. The van der Waals surface area contributed by atoms with Crippen molar-refractivity contribution < 1.29 is 0 Å². The van der Waals surface area contributed by atoms with Gasteiger partial charge in [-0.3, -0.25) is 0 Å². The molecule has 9 aromatic carbocycles. The molecule has 0 amide bonds. The predicted molar refractivity (Wildman–Crippen MR) is 229 cm³/mol. The Morgan fingerprint density at radius 1 is 0.444 bits per heavy atom. The molecular formula is C52H33NS. The van der Waals surface area contributed by atoms with E-state index in [-0.39, 0.29) is 0 Å². The highest BCUT2D eigenvalue weighted by Crippen LogP contribution is 2.58. The summed E-state index contributed by atoms with van der Waals surface area (Å²) in [6.07, 6.45) is 0.970. The van der Waals surface area contributed by atoms with Crippen LogP contribution in [0.25, 0.3) is 52.8 Å². The van der Waals surface area contributed by atoms with E-state index in [1.165, 1.54) is 103 Å². The first-order valence-corrected chi connectivity index (χ1v) is 19.6. The maximum absolute atomic E-state index is 2.51. The van der Waals surface area contributed by atoms with E-state index in [1.54, 1.807) is 0 Å². The number of hydrogen-bond donors (Lipinski definition) is 0. The van der Waals surface area contributed by atoms with Crippen molar-refractivity contribution in [3.63, 3.8) is 0 Å². The molecule has 0 N–H and O–H groups in total. The molecule has 0 atom stereocenters.